The van der Waals surface area contributed by atoms with Crippen molar-refractivity contribution >= 4 is 34.7 Å². The van der Waals surface area contributed by atoms with Gasteiger partial charge in [-0.2, -0.15) is 0 Å². The van der Waals surface area contributed by atoms with E-state index in [0.717, 1.165) is 5.69 Å². The Balaban J connectivity index is 2.01. The zero-order chi connectivity index (χ0) is 13.7. The van der Waals surface area contributed by atoms with E-state index in [1.165, 1.54) is 0 Å². The van der Waals surface area contributed by atoms with Gasteiger partial charge < -0.3 is 14.8 Å². The minimum atomic E-state index is 0.257. The Morgan fingerprint density at radius 3 is 2.53 bits per heavy atom. The lowest BCUT2D eigenvalue weighted by Gasteiger charge is -2.10. The van der Waals surface area contributed by atoms with E-state index in [2.05, 4.69) is 5.32 Å². The van der Waals surface area contributed by atoms with Crippen LogP contribution in [-0.4, -0.2) is 12.3 Å². The molecule has 0 amide bonds. The Morgan fingerprint density at radius 1 is 1.16 bits per heavy atom. The highest BCUT2D eigenvalue weighted by atomic mass is 35.5. The first kappa shape index (κ1) is 13.6. The van der Waals surface area contributed by atoms with Gasteiger partial charge in [-0.15, -0.1) is 0 Å². The van der Waals surface area contributed by atoms with E-state index < -0.39 is 0 Å². The van der Waals surface area contributed by atoms with Crippen molar-refractivity contribution in [3.05, 3.63) is 53.6 Å². The summed E-state index contributed by atoms with van der Waals surface area (Å²) in [6.07, 6.45) is 0. The quantitative estimate of drug-likeness (QED) is 0.862. The second-order valence-corrected chi connectivity index (χ2v) is 4.45. The van der Waals surface area contributed by atoms with Crippen molar-refractivity contribution in [1.82, 2.24) is 0 Å². The molecule has 2 aromatic rings. The standard InChI is InChI=1S/C14H12ClNO2S/c1-17-13-8-7-10(9-12(13)15)16-14(19)18-11-5-3-2-4-6-11/h2-9H,1H3,(H,16,19). The third-order valence-electron chi connectivity index (χ3n) is 2.35. The van der Waals surface area contributed by atoms with Crippen LogP contribution in [0.5, 0.6) is 11.5 Å². The fourth-order valence-corrected chi connectivity index (χ4v) is 1.95. The molecule has 2 rings (SSSR count). The number of benzene rings is 2. The molecule has 0 fully saturated rings. The zero-order valence-electron chi connectivity index (χ0n) is 10.2. The monoisotopic (exact) mass is 293 g/mol. The molecule has 1 N–H and O–H groups in total. The molecular formula is C14H12ClNO2S. The number of thiocarbonyl (C=S) groups is 1. The second kappa shape index (κ2) is 6.41. The van der Waals surface area contributed by atoms with Crippen LogP contribution >= 0.6 is 23.8 Å². The molecule has 0 aliphatic rings. The Kier molecular flexibility index (Phi) is 4.60. The number of methoxy groups -OCH3 is 1. The molecule has 0 unspecified atom stereocenters. The predicted molar refractivity (Wildman–Crippen MR) is 81.3 cm³/mol. The van der Waals surface area contributed by atoms with Crippen LogP contribution in [-0.2, 0) is 0 Å². The summed E-state index contributed by atoms with van der Waals surface area (Å²) in [5, 5.41) is 3.72. The van der Waals surface area contributed by atoms with Crippen LogP contribution in [0.1, 0.15) is 0 Å². The topological polar surface area (TPSA) is 30.5 Å². The number of halogens is 1. The van der Waals surface area contributed by atoms with Crippen molar-refractivity contribution < 1.29 is 9.47 Å². The van der Waals surface area contributed by atoms with E-state index in [-0.39, 0.29) is 5.17 Å². The summed E-state index contributed by atoms with van der Waals surface area (Å²) in [6, 6.07) is 14.6. The highest BCUT2D eigenvalue weighted by Crippen LogP contribution is 2.27. The third-order valence-corrected chi connectivity index (χ3v) is 2.83. The molecule has 0 aliphatic carbocycles. The van der Waals surface area contributed by atoms with Crippen LogP contribution < -0.4 is 14.8 Å². The molecule has 0 aromatic heterocycles. The summed E-state index contributed by atoms with van der Waals surface area (Å²) in [5.74, 6) is 1.29. The number of nitrogens with one attached hydrogen (secondary N) is 1. The maximum Gasteiger partial charge on any atom is 0.266 e. The van der Waals surface area contributed by atoms with Crippen molar-refractivity contribution in [1.29, 1.82) is 0 Å². The van der Waals surface area contributed by atoms with E-state index in [0.29, 0.717) is 16.5 Å². The lowest BCUT2D eigenvalue weighted by molar-refractivity contribution is 0.415. The molecule has 0 heterocycles. The summed E-state index contributed by atoms with van der Waals surface area (Å²) in [7, 11) is 1.57. The van der Waals surface area contributed by atoms with Crippen LogP contribution in [0.4, 0.5) is 5.69 Å². The molecule has 3 nitrogen and oxygen atoms in total. The van der Waals surface area contributed by atoms with Gasteiger partial charge in [0.05, 0.1) is 12.1 Å². The lowest BCUT2D eigenvalue weighted by atomic mass is 10.3. The molecule has 0 saturated carbocycles. The molecule has 0 bridgehead atoms. The Labute approximate surface area is 122 Å². The second-order valence-electron chi connectivity index (χ2n) is 3.68. The van der Waals surface area contributed by atoms with Crippen LogP contribution in [0.15, 0.2) is 48.5 Å². The molecule has 0 aliphatic heterocycles. The minimum Gasteiger partial charge on any atom is -0.495 e. The van der Waals surface area contributed by atoms with Crippen molar-refractivity contribution in [2.45, 2.75) is 0 Å². The SMILES string of the molecule is COc1ccc(NC(=S)Oc2ccccc2)cc1Cl. The van der Waals surface area contributed by atoms with Gasteiger partial charge in [0.1, 0.15) is 11.5 Å². The van der Waals surface area contributed by atoms with Gasteiger partial charge in [-0.25, -0.2) is 0 Å². The number of para-hydroxylation sites is 1. The molecule has 98 valence electrons. The van der Waals surface area contributed by atoms with E-state index >= 15 is 0 Å². The van der Waals surface area contributed by atoms with Crippen LogP contribution in [0, 0.1) is 0 Å². The average Bonchev–Trinajstić information content (AvgIpc) is 2.40. The third kappa shape index (κ3) is 3.84. The first-order valence-electron chi connectivity index (χ1n) is 5.56. The number of hydrogen-bond acceptors (Lipinski definition) is 3. The highest BCUT2D eigenvalue weighted by Gasteiger charge is 2.04. The van der Waals surface area contributed by atoms with Gasteiger partial charge in [0.15, 0.2) is 0 Å². The molecule has 0 atom stereocenters. The fraction of sp³-hybridized carbons (Fsp3) is 0.0714. The van der Waals surface area contributed by atoms with Gasteiger partial charge in [-0.1, -0.05) is 29.8 Å². The molecule has 0 spiro atoms. The van der Waals surface area contributed by atoms with Crippen molar-refractivity contribution in [3.8, 4) is 11.5 Å². The van der Waals surface area contributed by atoms with E-state index in [9.17, 15) is 0 Å². The van der Waals surface area contributed by atoms with Crippen molar-refractivity contribution in [2.24, 2.45) is 0 Å². The first-order valence-corrected chi connectivity index (χ1v) is 6.35. The summed E-state index contributed by atoms with van der Waals surface area (Å²) in [6.45, 7) is 0. The van der Waals surface area contributed by atoms with Gasteiger partial charge in [-0.3, -0.25) is 0 Å². The van der Waals surface area contributed by atoms with Crippen LogP contribution in [0.25, 0.3) is 0 Å². The van der Waals surface area contributed by atoms with Crippen molar-refractivity contribution in [2.75, 3.05) is 12.4 Å². The minimum absolute atomic E-state index is 0.257. The van der Waals surface area contributed by atoms with Crippen LogP contribution in [0.2, 0.25) is 5.02 Å². The number of rotatable bonds is 3. The summed E-state index contributed by atoms with van der Waals surface area (Å²) in [5.41, 5.74) is 0.742. The first-order chi connectivity index (χ1) is 9.19. The lowest BCUT2D eigenvalue weighted by Crippen LogP contribution is -2.16. The van der Waals surface area contributed by atoms with E-state index in [1.807, 2.05) is 36.4 Å². The van der Waals surface area contributed by atoms with Gasteiger partial charge in [-0.05, 0) is 42.5 Å². The molecular weight excluding hydrogens is 282 g/mol. The van der Waals surface area contributed by atoms with E-state index in [4.69, 9.17) is 33.3 Å². The normalized spacial score (nSPS) is 9.79. The Morgan fingerprint density at radius 2 is 1.89 bits per heavy atom. The zero-order valence-corrected chi connectivity index (χ0v) is 11.8. The van der Waals surface area contributed by atoms with Crippen LogP contribution in [0.3, 0.4) is 0 Å². The molecule has 0 saturated heterocycles. The van der Waals surface area contributed by atoms with Crippen molar-refractivity contribution in [3.63, 3.8) is 0 Å². The maximum atomic E-state index is 6.02. The largest absolute Gasteiger partial charge is 0.495 e. The number of hydrogen-bond donors (Lipinski definition) is 1. The summed E-state index contributed by atoms with van der Waals surface area (Å²) < 4.78 is 10.5. The number of ether oxygens (including phenoxy) is 2. The summed E-state index contributed by atoms with van der Waals surface area (Å²) in [4.78, 5) is 0. The average molecular weight is 294 g/mol. The van der Waals surface area contributed by atoms with Gasteiger partial charge in [0.2, 0.25) is 0 Å². The van der Waals surface area contributed by atoms with Gasteiger partial charge >= 0.3 is 0 Å². The van der Waals surface area contributed by atoms with Gasteiger partial charge in [0, 0.05) is 5.69 Å². The highest BCUT2D eigenvalue weighted by molar-refractivity contribution is 7.80. The smallest absolute Gasteiger partial charge is 0.266 e. The molecule has 5 heteroatoms. The van der Waals surface area contributed by atoms with Gasteiger partial charge in [0.25, 0.3) is 5.17 Å². The maximum absolute atomic E-state index is 6.02. The summed E-state index contributed by atoms with van der Waals surface area (Å²) >= 11 is 11.1. The molecule has 19 heavy (non-hydrogen) atoms. The Hall–Kier alpha value is -1.78. The Bertz CT molecular complexity index is 575. The predicted octanol–water partition coefficient (Wildman–Crippen LogP) is 4.12. The fourth-order valence-electron chi connectivity index (χ4n) is 1.48. The molecule has 2 aromatic carbocycles. The molecule has 0 radical (unpaired) electrons. The number of anilines is 1. The van der Waals surface area contributed by atoms with E-state index in [1.54, 1.807) is 19.2 Å².